The highest BCUT2D eigenvalue weighted by Crippen LogP contribution is 2.43. The minimum Gasteiger partial charge on any atom is -0.497 e. The van der Waals surface area contributed by atoms with Gasteiger partial charge in [0.2, 0.25) is 5.91 Å². The lowest BCUT2D eigenvalue weighted by molar-refractivity contribution is -0.123. The fourth-order valence-corrected chi connectivity index (χ4v) is 4.84. The Hall–Kier alpha value is -2.57. The highest BCUT2D eigenvalue weighted by molar-refractivity contribution is 5.78. The number of nitrogens with one attached hydrogen (secondary N) is 1. The van der Waals surface area contributed by atoms with Gasteiger partial charge in [0.15, 0.2) is 0 Å². The Balaban J connectivity index is 1.23. The van der Waals surface area contributed by atoms with Gasteiger partial charge >= 0.3 is 0 Å². The van der Waals surface area contributed by atoms with Gasteiger partial charge in [-0.05, 0) is 36.6 Å². The Morgan fingerprint density at radius 3 is 2.31 bits per heavy atom. The van der Waals surface area contributed by atoms with Crippen molar-refractivity contribution < 1.29 is 14.3 Å². The molecular formula is C26H35N3O3. The molecule has 1 saturated heterocycles. The fourth-order valence-electron chi connectivity index (χ4n) is 4.84. The van der Waals surface area contributed by atoms with Crippen molar-refractivity contribution in [3.63, 3.8) is 0 Å². The van der Waals surface area contributed by atoms with E-state index in [2.05, 4.69) is 45.4 Å². The van der Waals surface area contributed by atoms with Crippen LogP contribution >= 0.6 is 0 Å². The van der Waals surface area contributed by atoms with Gasteiger partial charge in [-0.3, -0.25) is 14.6 Å². The SMILES string of the molecule is COc1ccc(OC)c(CN2CCN(CC(=O)NCC3(c4ccccc4)CCC3)CC2)c1. The van der Waals surface area contributed by atoms with E-state index < -0.39 is 0 Å². The summed E-state index contributed by atoms with van der Waals surface area (Å²) in [6.45, 7) is 5.68. The van der Waals surface area contributed by atoms with Gasteiger partial charge in [0, 0.05) is 50.2 Å². The van der Waals surface area contributed by atoms with Crippen LogP contribution in [0.3, 0.4) is 0 Å². The van der Waals surface area contributed by atoms with Crippen LogP contribution in [0.2, 0.25) is 0 Å². The molecule has 2 fully saturated rings. The number of rotatable bonds is 9. The van der Waals surface area contributed by atoms with Crippen LogP contribution in [0.4, 0.5) is 0 Å². The number of carbonyl (C=O) groups excluding carboxylic acids is 1. The summed E-state index contributed by atoms with van der Waals surface area (Å²) in [4.78, 5) is 17.3. The maximum absolute atomic E-state index is 12.7. The van der Waals surface area contributed by atoms with E-state index in [0.717, 1.165) is 69.2 Å². The summed E-state index contributed by atoms with van der Waals surface area (Å²) in [5.74, 6) is 1.86. The van der Waals surface area contributed by atoms with Gasteiger partial charge in [-0.1, -0.05) is 36.8 Å². The topological polar surface area (TPSA) is 54.0 Å². The van der Waals surface area contributed by atoms with E-state index in [1.165, 1.54) is 12.0 Å². The van der Waals surface area contributed by atoms with Gasteiger partial charge in [-0.2, -0.15) is 0 Å². The van der Waals surface area contributed by atoms with Crippen LogP contribution in [-0.2, 0) is 16.8 Å². The van der Waals surface area contributed by atoms with Gasteiger partial charge in [-0.15, -0.1) is 0 Å². The molecule has 0 radical (unpaired) electrons. The zero-order chi connectivity index (χ0) is 22.4. The molecule has 1 amide bonds. The van der Waals surface area contributed by atoms with Gasteiger partial charge < -0.3 is 14.8 Å². The Morgan fingerprint density at radius 1 is 0.969 bits per heavy atom. The Kier molecular flexibility index (Phi) is 7.33. The summed E-state index contributed by atoms with van der Waals surface area (Å²) >= 11 is 0. The van der Waals surface area contributed by atoms with Crippen molar-refractivity contribution in [3.8, 4) is 11.5 Å². The molecule has 2 aromatic carbocycles. The van der Waals surface area contributed by atoms with Crippen molar-refractivity contribution in [3.05, 3.63) is 59.7 Å². The first-order valence-corrected chi connectivity index (χ1v) is 11.6. The molecule has 4 rings (SSSR count). The second-order valence-electron chi connectivity index (χ2n) is 9.01. The van der Waals surface area contributed by atoms with Crippen molar-refractivity contribution in [2.75, 3.05) is 53.5 Å². The second-order valence-corrected chi connectivity index (χ2v) is 9.01. The molecule has 172 valence electrons. The monoisotopic (exact) mass is 437 g/mol. The van der Waals surface area contributed by atoms with Crippen LogP contribution < -0.4 is 14.8 Å². The molecule has 6 nitrogen and oxygen atoms in total. The van der Waals surface area contributed by atoms with Crippen molar-refractivity contribution in [1.29, 1.82) is 0 Å². The lowest BCUT2D eigenvalue weighted by Crippen LogP contribution is -2.51. The van der Waals surface area contributed by atoms with Crippen LogP contribution in [0.15, 0.2) is 48.5 Å². The summed E-state index contributed by atoms with van der Waals surface area (Å²) in [6, 6.07) is 16.6. The number of benzene rings is 2. The molecule has 2 aliphatic rings. The number of methoxy groups -OCH3 is 2. The Labute approximate surface area is 191 Å². The maximum Gasteiger partial charge on any atom is 0.234 e. The molecule has 1 N–H and O–H groups in total. The number of amides is 1. The zero-order valence-electron chi connectivity index (χ0n) is 19.3. The summed E-state index contributed by atoms with van der Waals surface area (Å²) < 4.78 is 10.9. The largest absolute Gasteiger partial charge is 0.497 e. The van der Waals surface area contributed by atoms with E-state index in [0.29, 0.717) is 6.54 Å². The predicted octanol–water partition coefficient (Wildman–Crippen LogP) is 3.06. The van der Waals surface area contributed by atoms with E-state index in [4.69, 9.17) is 9.47 Å². The van der Waals surface area contributed by atoms with Crippen molar-refractivity contribution in [2.24, 2.45) is 0 Å². The van der Waals surface area contributed by atoms with Gasteiger partial charge in [0.1, 0.15) is 11.5 Å². The number of hydrogen-bond acceptors (Lipinski definition) is 5. The predicted molar refractivity (Wildman–Crippen MR) is 126 cm³/mol. The van der Waals surface area contributed by atoms with E-state index in [1.54, 1.807) is 14.2 Å². The number of ether oxygens (including phenoxy) is 2. The summed E-state index contributed by atoms with van der Waals surface area (Å²) in [7, 11) is 3.38. The molecule has 2 aromatic rings. The molecule has 0 spiro atoms. The fraction of sp³-hybridized carbons (Fsp3) is 0.500. The number of carbonyl (C=O) groups is 1. The molecule has 0 aromatic heterocycles. The molecule has 1 aliphatic carbocycles. The van der Waals surface area contributed by atoms with E-state index in [-0.39, 0.29) is 11.3 Å². The third-order valence-electron chi connectivity index (χ3n) is 7.03. The Morgan fingerprint density at radius 2 is 1.69 bits per heavy atom. The van der Waals surface area contributed by atoms with Crippen molar-refractivity contribution in [1.82, 2.24) is 15.1 Å². The highest BCUT2D eigenvalue weighted by atomic mass is 16.5. The van der Waals surface area contributed by atoms with Crippen molar-refractivity contribution >= 4 is 5.91 Å². The lowest BCUT2D eigenvalue weighted by Gasteiger charge is -2.43. The van der Waals surface area contributed by atoms with Crippen LogP contribution in [0.25, 0.3) is 0 Å². The van der Waals surface area contributed by atoms with Crippen molar-refractivity contribution in [2.45, 2.75) is 31.2 Å². The van der Waals surface area contributed by atoms with Gasteiger partial charge in [0.25, 0.3) is 0 Å². The molecule has 6 heteroatoms. The minimum absolute atomic E-state index is 0.130. The molecule has 0 bridgehead atoms. The normalized spacial score (nSPS) is 18.6. The standard InChI is InChI=1S/C26H35N3O3/c1-31-23-9-10-24(32-2)21(17-23)18-28-13-15-29(16-14-28)19-25(30)27-20-26(11-6-12-26)22-7-4-3-5-8-22/h3-5,7-10,17H,6,11-16,18-20H2,1-2H3,(H,27,30). The molecule has 0 atom stereocenters. The molecule has 0 unspecified atom stereocenters. The van der Waals surface area contributed by atoms with Crippen LogP contribution in [0.5, 0.6) is 11.5 Å². The summed E-state index contributed by atoms with van der Waals surface area (Å²) in [5.41, 5.74) is 2.61. The van der Waals surface area contributed by atoms with Gasteiger partial charge in [-0.25, -0.2) is 0 Å². The van der Waals surface area contributed by atoms with E-state index in [9.17, 15) is 4.79 Å². The summed E-state index contributed by atoms with van der Waals surface area (Å²) in [5, 5.41) is 3.23. The number of hydrogen-bond donors (Lipinski definition) is 1. The first-order valence-electron chi connectivity index (χ1n) is 11.6. The number of piperazine rings is 1. The maximum atomic E-state index is 12.7. The average Bonchev–Trinajstić information content (AvgIpc) is 2.80. The van der Waals surface area contributed by atoms with E-state index >= 15 is 0 Å². The quantitative estimate of drug-likeness (QED) is 0.654. The molecule has 1 heterocycles. The zero-order valence-corrected chi connectivity index (χ0v) is 19.3. The molecule has 32 heavy (non-hydrogen) atoms. The average molecular weight is 438 g/mol. The third kappa shape index (κ3) is 5.25. The highest BCUT2D eigenvalue weighted by Gasteiger charge is 2.38. The first kappa shape index (κ1) is 22.6. The first-order chi connectivity index (χ1) is 15.6. The third-order valence-corrected chi connectivity index (χ3v) is 7.03. The second kappa shape index (κ2) is 10.4. The minimum atomic E-state index is 0.130. The lowest BCUT2D eigenvalue weighted by atomic mass is 9.64. The van der Waals surface area contributed by atoms with E-state index in [1.807, 2.05) is 18.2 Å². The smallest absolute Gasteiger partial charge is 0.234 e. The number of nitrogens with zero attached hydrogens (tertiary/aromatic N) is 2. The van der Waals surface area contributed by atoms with Crippen LogP contribution in [0, 0.1) is 0 Å². The van der Waals surface area contributed by atoms with Crippen LogP contribution in [-0.4, -0.2) is 69.2 Å². The molecular weight excluding hydrogens is 402 g/mol. The van der Waals surface area contributed by atoms with Gasteiger partial charge in [0.05, 0.1) is 20.8 Å². The molecule has 1 aliphatic heterocycles. The van der Waals surface area contributed by atoms with Crippen LogP contribution in [0.1, 0.15) is 30.4 Å². The molecule has 1 saturated carbocycles. The summed E-state index contributed by atoms with van der Waals surface area (Å²) in [6.07, 6.45) is 3.55. The Bertz CT molecular complexity index is 890.